The number of nitrogens with zero attached hydrogens (tertiary/aromatic N) is 4. The molecule has 6 heteroatoms. The summed E-state index contributed by atoms with van der Waals surface area (Å²) in [7, 11) is 0. The van der Waals surface area contributed by atoms with Crippen LogP contribution in [-0.2, 0) is 16.0 Å². The minimum absolute atomic E-state index is 0.0912. The summed E-state index contributed by atoms with van der Waals surface area (Å²) in [6.45, 7) is 3.20. The molecule has 0 radical (unpaired) electrons. The molecular formula is C17H22N4O2. The van der Waals surface area contributed by atoms with E-state index in [0.717, 1.165) is 31.0 Å². The molecule has 0 aliphatic carbocycles. The molecule has 1 aromatic heterocycles. The van der Waals surface area contributed by atoms with Crippen LogP contribution in [0.25, 0.3) is 5.69 Å². The fourth-order valence-electron chi connectivity index (χ4n) is 3.38. The van der Waals surface area contributed by atoms with Crippen LogP contribution < -0.4 is 0 Å². The van der Waals surface area contributed by atoms with Gasteiger partial charge in [0.25, 0.3) is 0 Å². The Bertz CT molecular complexity index is 625. The monoisotopic (exact) mass is 314 g/mol. The van der Waals surface area contributed by atoms with Crippen molar-refractivity contribution in [3.8, 4) is 5.69 Å². The first kappa shape index (κ1) is 14.8. The van der Waals surface area contributed by atoms with Gasteiger partial charge in [-0.1, -0.05) is 24.6 Å². The lowest BCUT2D eigenvalue weighted by atomic mass is 10.0. The summed E-state index contributed by atoms with van der Waals surface area (Å²) in [5, 5.41) is 4.62. The summed E-state index contributed by atoms with van der Waals surface area (Å²) in [6, 6.07) is 10.4. The largest absolute Gasteiger partial charge is 0.349 e. The van der Waals surface area contributed by atoms with Crippen molar-refractivity contribution in [1.82, 2.24) is 19.7 Å². The first-order valence-electron chi connectivity index (χ1n) is 8.33. The first-order chi connectivity index (χ1) is 11.4. The van der Waals surface area contributed by atoms with E-state index in [9.17, 15) is 0 Å². The number of aromatic nitrogens is 3. The molecule has 1 unspecified atom stereocenters. The van der Waals surface area contributed by atoms with Crippen LogP contribution >= 0.6 is 0 Å². The SMILES string of the molecule is c1ccc(-n2cnc(CN3CCCCC3C3OCCO3)n2)cc1. The molecule has 122 valence electrons. The van der Waals surface area contributed by atoms with Gasteiger partial charge in [-0.2, -0.15) is 0 Å². The Labute approximate surface area is 136 Å². The predicted molar refractivity (Wildman–Crippen MR) is 85.1 cm³/mol. The Morgan fingerprint density at radius 2 is 1.91 bits per heavy atom. The lowest BCUT2D eigenvalue weighted by Gasteiger charge is -2.37. The Morgan fingerprint density at radius 1 is 1.09 bits per heavy atom. The standard InChI is InChI=1S/C17H22N4O2/c1-2-6-14(7-3-1)21-13-18-16(19-21)12-20-9-5-4-8-15(20)17-22-10-11-23-17/h1-3,6-7,13,15,17H,4-5,8-12H2. The maximum atomic E-state index is 5.72. The van der Waals surface area contributed by atoms with Gasteiger partial charge in [-0.25, -0.2) is 9.67 Å². The fraction of sp³-hybridized carbons (Fsp3) is 0.529. The second kappa shape index (κ2) is 6.78. The van der Waals surface area contributed by atoms with Gasteiger partial charge in [0.2, 0.25) is 0 Å². The molecule has 0 bridgehead atoms. The van der Waals surface area contributed by atoms with E-state index in [2.05, 4.69) is 15.0 Å². The molecule has 1 aromatic carbocycles. The zero-order valence-corrected chi connectivity index (χ0v) is 13.2. The Hall–Kier alpha value is -1.76. The molecule has 0 amide bonds. The van der Waals surface area contributed by atoms with Crippen molar-refractivity contribution in [2.75, 3.05) is 19.8 Å². The van der Waals surface area contributed by atoms with Crippen molar-refractivity contribution in [3.05, 3.63) is 42.5 Å². The number of para-hydroxylation sites is 1. The molecule has 2 aliphatic rings. The van der Waals surface area contributed by atoms with E-state index in [0.29, 0.717) is 19.3 Å². The number of piperidine rings is 1. The van der Waals surface area contributed by atoms with Gasteiger partial charge in [0.15, 0.2) is 12.1 Å². The van der Waals surface area contributed by atoms with E-state index in [1.54, 1.807) is 6.33 Å². The van der Waals surface area contributed by atoms with Gasteiger partial charge in [0.05, 0.1) is 31.5 Å². The van der Waals surface area contributed by atoms with Gasteiger partial charge in [-0.05, 0) is 31.5 Å². The summed E-state index contributed by atoms with van der Waals surface area (Å²) in [4.78, 5) is 6.88. The second-order valence-electron chi connectivity index (χ2n) is 6.08. The third-order valence-corrected chi connectivity index (χ3v) is 4.53. The first-order valence-corrected chi connectivity index (χ1v) is 8.33. The van der Waals surface area contributed by atoms with Crippen LogP contribution in [0.4, 0.5) is 0 Å². The van der Waals surface area contributed by atoms with Crippen molar-refractivity contribution in [2.24, 2.45) is 0 Å². The topological polar surface area (TPSA) is 52.4 Å². The molecule has 1 atom stereocenters. The van der Waals surface area contributed by atoms with Gasteiger partial charge >= 0.3 is 0 Å². The van der Waals surface area contributed by atoms with E-state index in [1.165, 1.54) is 12.8 Å². The number of hydrogen-bond donors (Lipinski definition) is 0. The molecular weight excluding hydrogens is 292 g/mol. The highest BCUT2D eigenvalue weighted by atomic mass is 16.7. The second-order valence-corrected chi connectivity index (χ2v) is 6.08. The average Bonchev–Trinajstić information content (AvgIpc) is 3.28. The van der Waals surface area contributed by atoms with Crippen molar-refractivity contribution in [2.45, 2.75) is 38.1 Å². The molecule has 3 heterocycles. The molecule has 23 heavy (non-hydrogen) atoms. The minimum atomic E-state index is -0.0912. The average molecular weight is 314 g/mol. The molecule has 0 N–H and O–H groups in total. The van der Waals surface area contributed by atoms with Crippen molar-refractivity contribution >= 4 is 0 Å². The normalized spacial score (nSPS) is 23.4. The number of hydrogen-bond acceptors (Lipinski definition) is 5. The lowest BCUT2D eigenvalue weighted by Crippen LogP contribution is -2.46. The molecule has 6 nitrogen and oxygen atoms in total. The Morgan fingerprint density at radius 3 is 2.74 bits per heavy atom. The number of likely N-dealkylation sites (tertiary alicyclic amines) is 1. The summed E-state index contributed by atoms with van der Waals surface area (Å²) < 4.78 is 13.3. The van der Waals surface area contributed by atoms with Crippen LogP contribution in [0, 0.1) is 0 Å². The number of rotatable bonds is 4. The Balaban J connectivity index is 1.47. The van der Waals surface area contributed by atoms with E-state index >= 15 is 0 Å². The molecule has 2 aliphatic heterocycles. The van der Waals surface area contributed by atoms with E-state index < -0.39 is 0 Å². The smallest absolute Gasteiger partial charge is 0.173 e. The van der Waals surface area contributed by atoms with Crippen LogP contribution in [0.1, 0.15) is 25.1 Å². The number of benzene rings is 1. The van der Waals surface area contributed by atoms with Gasteiger partial charge < -0.3 is 9.47 Å². The molecule has 2 fully saturated rings. The van der Waals surface area contributed by atoms with Gasteiger partial charge in [-0.3, -0.25) is 4.90 Å². The highest BCUT2D eigenvalue weighted by Crippen LogP contribution is 2.25. The summed E-state index contributed by atoms with van der Waals surface area (Å²) in [5.41, 5.74) is 1.03. The van der Waals surface area contributed by atoms with Crippen molar-refractivity contribution in [1.29, 1.82) is 0 Å². The van der Waals surface area contributed by atoms with Crippen LogP contribution in [0.15, 0.2) is 36.7 Å². The number of ether oxygens (including phenoxy) is 2. The van der Waals surface area contributed by atoms with E-state index in [-0.39, 0.29) is 6.29 Å². The summed E-state index contributed by atoms with van der Waals surface area (Å²) in [6.07, 6.45) is 5.25. The third kappa shape index (κ3) is 3.29. The highest BCUT2D eigenvalue weighted by Gasteiger charge is 2.34. The minimum Gasteiger partial charge on any atom is -0.349 e. The summed E-state index contributed by atoms with van der Waals surface area (Å²) >= 11 is 0. The third-order valence-electron chi connectivity index (χ3n) is 4.53. The predicted octanol–water partition coefficient (Wildman–Crippen LogP) is 1.99. The maximum absolute atomic E-state index is 5.72. The van der Waals surface area contributed by atoms with E-state index in [4.69, 9.17) is 9.47 Å². The molecule has 2 saturated heterocycles. The zero-order valence-electron chi connectivity index (χ0n) is 13.2. The van der Waals surface area contributed by atoms with Crippen LogP contribution in [0.3, 0.4) is 0 Å². The summed E-state index contributed by atoms with van der Waals surface area (Å²) in [5.74, 6) is 0.846. The van der Waals surface area contributed by atoms with Crippen LogP contribution in [0.2, 0.25) is 0 Å². The molecule has 4 rings (SSSR count). The van der Waals surface area contributed by atoms with Crippen LogP contribution in [-0.4, -0.2) is 51.8 Å². The van der Waals surface area contributed by atoms with Gasteiger partial charge in [0, 0.05) is 0 Å². The zero-order chi connectivity index (χ0) is 15.5. The quantitative estimate of drug-likeness (QED) is 0.864. The molecule has 0 spiro atoms. The van der Waals surface area contributed by atoms with Crippen molar-refractivity contribution in [3.63, 3.8) is 0 Å². The highest BCUT2D eigenvalue weighted by molar-refractivity contribution is 5.29. The van der Waals surface area contributed by atoms with Crippen molar-refractivity contribution < 1.29 is 9.47 Å². The van der Waals surface area contributed by atoms with E-state index in [1.807, 2.05) is 35.0 Å². The van der Waals surface area contributed by atoms with Crippen LogP contribution in [0.5, 0.6) is 0 Å². The molecule has 2 aromatic rings. The molecule has 0 saturated carbocycles. The van der Waals surface area contributed by atoms with Gasteiger partial charge in [-0.15, -0.1) is 5.10 Å². The Kier molecular flexibility index (Phi) is 4.37. The lowest BCUT2D eigenvalue weighted by molar-refractivity contribution is -0.111. The fourth-order valence-corrected chi connectivity index (χ4v) is 3.38. The maximum Gasteiger partial charge on any atom is 0.173 e. The van der Waals surface area contributed by atoms with Gasteiger partial charge in [0.1, 0.15) is 6.33 Å².